The van der Waals surface area contributed by atoms with Gasteiger partial charge in [-0.3, -0.25) is 4.79 Å². The summed E-state index contributed by atoms with van der Waals surface area (Å²) >= 11 is 0. The number of anilines is 1. The Hall–Kier alpha value is -2.48. The predicted molar refractivity (Wildman–Crippen MR) is 82.9 cm³/mol. The lowest BCUT2D eigenvalue weighted by atomic mass is 10.2. The maximum absolute atomic E-state index is 13.8. The van der Waals surface area contributed by atoms with E-state index in [9.17, 15) is 17.6 Å². The second kappa shape index (κ2) is 6.74. The lowest BCUT2D eigenvalue weighted by molar-refractivity contribution is 0.102. The van der Waals surface area contributed by atoms with E-state index in [-0.39, 0.29) is 22.0 Å². The number of pyridine rings is 1. The van der Waals surface area contributed by atoms with Crippen molar-refractivity contribution in [2.45, 2.75) is 11.8 Å². The van der Waals surface area contributed by atoms with Gasteiger partial charge in [0.15, 0.2) is 9.84 Å². The number of halogens is 1. The van der Waals surface area contributed by atoms with Crippen molar-refractivity contribution in [3.8, 4) is 5.88 Å². The number of rotatable bonds is 5. The van der Waals surface area contributed by atoms with E-state index in [0.29, 0.717) is 6.61 Å². The number of benzene rings is 1. The standard InChI is InChI=1S/C15H15FN2O4S/c1-3-22-15-11(5-4-8-17-15)14(19)18-13-9-10(23(2,20)21)6-7-12(13)16/h4-9H,3H2,1-2H3,(H,18,19). The minimum atomic E-state index is -3.51. The third kappa shape index (κ3) is 4.04. The average Bonchev–Trinajstić information content (AvgIpc) is 2.49. The summed E-state index contributed by atoms with van der Waals surface area (Å²) in [7, 11) is -3.51. The Morgan fingerprint density at radius 1 is 1.35 bits per heavy atom. The van der Waals surface area contributed by atoms with Gasteiger partial charge in [-0.1, -0.05) is 0 Å². The summed E-state index contributed by atoms with van der Waals surface area (Å²) in [4.78, 5) is 16.1. The summed E-state index contributed by atoms with van der Waals surface area (Å²) in [5, 5.41) is 2.34. The fourth-order valence-corrected chi connectivity index (χ4v) is 2.48. The maximum atomic E-state index is 13.8. The number of amides is 1. The first-order valence-electron chi connectivity index (χ1n) is 6.71. The zero-order chi connectivity index (χ0) is 17.0. The molecular weight excluding hydrogens is 323 g/mol. The first kappa shape index (κ1) is 16.9. The molecule has 2 rings (SSSR count). The van der Waals surface area contributed by atoms with Gasteiger partial charge in [-0.05, 0) is 37.3 Å². The van der Waals surface area contributed by atoms with E-state index >= 15 is 0 Å². The van der Waals surface area contributed by atoms with Crippen LogP contribution in [0.25, 0.3) is 0 Å². The van der Waals surface area contributed by atoms with Crippen LogP contribution in [0.1, 0.15) is 17.3 Å². The Morgan fingerprint density at radius 3 is 2.74 bits per heavy atom. The number of hydrogen-bond donors (Lipinski definition) is 1. The Morgan fingerprint density at radius 2 is 2.09 bits per heavy atom. The lowest BCUT2D eigenvalue weighted by Crippen LogP contribution is -2.15. The average molecular weight is 338 g/mol. The van der Waals surface area contributed by atoms with E-state index in [2.05, 4.69) is 10.3 Å². The summed E-state index contributed by atoms with van der Waals surface area (Å²) in [6, 6.07) is 6.21. The molecule has 2 aromatic rings. The van der Waals surface area contributed by atoms with E-state index in [1.807, 2.05) is 0 Å². The summed E-state index contributed by atoms with van der Waals surface area (Å²) in [5.41, 5.74) is -0.109. The maximum Gasteiger partial charge on any atom is 0.261 e. The Bertz CT molecular complexity index is 837. The van der Waals surface area contributed by atoms with Crippen LogP contribution in [0.5, 0.6) is 5.88 Å². The molecule has 0 radical (unpaired) electrons. The molecule has 0 saturated heterocycles. The second-order valence-corrected chi connectivity index (χ2v) is 6.67. The van der Waals surface area contributed by atoms with E-state index in [4.69, 9.17) is 4.74 Å². The molecule has 8 heteroatoms. The van der Waals surface area contributed by atoms with Gasteiger partial charge in [-0.25, -0.2) is 17.8 Å². The van der Waals surface area contributed by atoms with E-state index in [0.717, 1.165) is 24.5 Å². The van der Waals surface area contributed by atoms with Gasteiger partial charge in [0.05, 0.1) is 17.2 Å². The smallest absolute Gasteiger partial charge is 0.261 e. The number of ether oxygens (including phenoxy) is 1. The number of carbonyl (C=O) groups excluding carboxylic acids is 1. The highest BCUT2D eigenvalue weighted by molar-refractivity contribution is 7.90. The van der Waals surface area contributed by atoms with Crippen LogP contribution in [-0.2, 0) is 9.84 Å². The minimum Gasteiger partial charge on any atom is -0.477 e. The third-order valence-corrected chi connectivity index (χ3v) is 4.02. The normalized spacial score (nSPS) is 11.1. The van der Waals surface area contributed by atoms with Gasteiger partial charge in [0, 0.05) is 12.5 Å². The van der Waals surface area contributed by atoms with E-state index in [1.54, 1.807) is 13.0 Å². The molecule has 0 unspecified atom stereocenters. The Labute approximate surface area is 133 Å². The minimum absolute atomic E-state index is 0.0922. The number of nitrogens with one attached hydrogen (secondary N) is 1. The van der Waals surface area contributed by atoms with Gasteiger partial charge in [-0.2, -0.15) is 0 Å². The summed E-state index contributed by atoms with van der Waals surface area (Å²) in [6.45, 7) is 2.06. The van der Waals surface area contributed by atoms with Crippen molar-refractivity contribution < 1.29 is 22.3 Å². The monoisotopic (exact) mass is 338 g/mol. The summed E-state index contributed by atoms with van der Waals surface area (Å²) in [6.07, 6.45) is 2.47. The van der Waals surface area contributed by atoms with Crippen LogP contribution in [0, 0.1) is 5.82 Å². The molecule has 23 heavy (non-hydrogen) atoms. The molecule has 0 fully saturated rings. The van der Waals surface area contributed by atoms with Crippen molar-refractivity contribution in [1.82, 2.24) is 4.98 Å². The van der Waals surface area contributed by atoms with Crippen molar-refractivity contribution >= 4 is 21.4 Å². The molecule has 0 bridgehead atoms. The molecule has 0 spiro atoms. The molecule has 1 N–H and O–H groups in total. The van der Waals surface area contributed by atoms with Crippen LogP contribution in [0.2, 0.25) is 0 Å². The van der Waals surface area contributed by atoms with Gasteiger partial charge >= 0.3 is 0 Å². The molecule has 0 aliphatic rings. The number of sulfone groups is 1. The second-order valence-electron chi connectivity index (χ2n) is 4.66. The Kier molecular flexibility index (Phi) is 4.95. The zero-order valence-electron chi connectivity index (χ0n) is 12.5. The number of aromatic nitrogens is 1. The van der Waals surface area contributed by atoms with E-state index in [1.165, 1.54) is 12.3 Å². The molecule has 0 aliphatic carbocycles. The zero-order valence-corrected chi connectivity index (χ0v) is 13.4. The molecule has 0 aliphatic heterocycles. The SMILES string of the molecule is CCOc1ncccc1C(=O)Nc1cc(S(C)(=O)=O)ccc1F. The molecule has 1 aromatic heterocycles. The first-order chi connectivity index (χ1) is 10.8. The topological polar surface area (TPSA) is 85.4 Å². The van der Waals surface area contributed by atoms with Gasteiger partial charge in [0.25, 0.3) is 5.91 Å². The van der Waals surface area contributed by atoms with Crippen molar-refractivity contribution in [2.24, 2.45) is 0 Å². The molecule has 1 amide bonds. The van der Waals surface area contributed by atoms with Crippen LogP contribution >= 0.6 is 0 Å². The number of nitrogens with zero attached hydrogens (tertiary/aromatic N) is 1. The number of hydrogen-bond acceptors (Lipinski definition) is 5. The molecule has 1 heterocycles. The van der Waals surface area contributed by atoms with Crippen LogP contribution in [-0.4, -0.2) is 32.2 Å². The number of carbonyl (C=O) groups is 1. The molecule has 1 aromatic carbocycles. The first-order valence-corrected chi connectivity index (χ1v) is 8.61. The van der Waals surface area contributed by atoms with Crippen LogP contribution < -0.4 is 10.1 Å². The van der Waals surface area contributed by atoms with Crippen molar-refractivity contribution in [2.75, 3.05) is 18.2 Å². The van der Waals surface area contributed by atoms with Gasteiger partial charge in [-0.15, -0.1) is 0 Å². The van der Waals surface area contributed by atoms with Gasteiger partial charge < -0.3 is 10.1 Å². The molecule has 0 atom stereocenters. The molecule has 122 valence electrons. The van der Waals surface area contributed by atoms with Gasteiger partial charge in [0.1, 0.15) is 11.4 Å². The highest BCUT2D eigenvalue weighted by atomic mass is 32.2. The molecule has 0 saturated carbocycles. The van der Waals surface area contributed by atoms with Crippen LogP contribution in [0.15, 0.2) is 41.4 Å². The highest BCUT2D eigenvalue weighted by Crippen LogP contribution is 2.22. The lowest BCUT2D eigenvalue weighted by Gasteiger charge is -2.10. The van der Waals surface area contributed by atoms with Crippen LogP contribution in [0.4, 0.5) is 10.1 Å². The highest BCUT2D eigenvalue weighted by Gasteiger charge is 2.17. The largest absolute Gasteiger partial charge is 0.477 e. The quantitative estimate of drug-likeness (QED) is 0.845. The summed E-state index contributed by atoms with van der Waals surface area (Å²) in [5.74, 6) is -1.27. The van der Waals surface area contributed by atoms with Crippen molar-refractivity contribution in [3.05, 3.63) is 47.9 Å². The summed E-state index contributed by atoms with van der Waals surface area (Å²) < 4.78 is 42.1. The fraction of sp³-hybridized carbons (Fsp3) is 0.200. The van der Waals surface area contributed by atoms with Crippen LogP contribution in [0.3, 0.4) is 0 Å². The van der Waals surface area contributed by atoms with Crippen molar-refractivity contribution in [1.29, 1.82) is 0 Å². The molecular formula is C15H15FN2O4S. The van der Waals surface area contributed by atoms with Crippen molar-refractivity contribution in [3.63, 3.8) is 0 Å². The van der Waals surface area contributed by atoms with E-state index < -0.39 is 21.6 Å². The fourth-order valence-electron chi connectivity index (χ4n) is 1.84. The third-order valence-electron chi connectivity index (χ3n) is 2.91. The predicted octanol–water partition coefficient (Wildman–Crippen LogP) is 2.28. The van der Waals surface area contributed by atoms with Gasteiger partial charge in [0.2, 0.25) is 5.88 Å². The molecule has 6 nitrogen and oxygen atoms in total. The Balaban J connectivity index is 2.34.